The van der Waals surface area contributed by atoms with Gasteiger partial charge in [-0.1, -0.05) is 35.0 Å². The fourth-order valence-electron chi connectivity index (χ4n) is 5.66. The lowest BCUT2D eigenvalue weighted by atomic mass is 9.84. The van der Waals surface area contributed by atoms with E-state index >= 15 is 0 Å². The van der Waals surface area contributed by atoms with E-state index in [-0.39, 0.29) is 43.6 Å². The van der Waals surface area contributed by atoms with Crippen molar-refractivity contribution in [2.45, 2.75) is 65.1 Å². The Morgan fingerprint density at radius 2 is 1.93 bits per heavy atom. The minimum Gasteiger partial charge on any atom is -0.508 e. The molecule has 1 aromatic heterocycles. The molecule has 234 valence electrons. The second-order valence-corrected chi connectivity index (χ2v) is 12.7. The first kappa shape index (κ1) is 31.7. The number of hydrogen-bond acceptors (Lipinski definition) is 9. The number of carbonyl (C=O) groups is 1. The normalized spacial score (nSPS) is 15.8. The van der Waals surface area contributed by atoms with Crippen LogP contribution >= 0.6 is 11.6 Å². The van der Waals surface area contributed by atoms with Gasteiger partial charge in [-0.15, -0.1) is 5.10 Å². The van der Waals surface area contributed by atoms with Crippen LogP contribution in [0.1, 0.15) is 72.9 Å². The Morgan fingerprint density at radius 3 is 2.68 bits per heavy atom. The molecule has 2 N–H and O–H groups in total. The molecule has 1 aliphatic rings. The van der Waals surface area contributed by atoms with Gasteiger partial charge in [-0.25, -0.2) is 4.68 Å². The quantitative estimate of drug-likeness (QED) is 0.167. The highest BCUT2D eigenvalue weighted by Crippen LogP contribution is 2.40. The molecule has 0 aliphatic carbocycles. The number of aliphatic hydroxyl groups excluding tert-OH is 1. The fourth-order valence-corrected chi connectivity index (χ4v) is 7.22. The van der Waals surface area contributed by atoms with E-state index in [1.54, 1.807) is 19.9 Å². The van der Waals surface area contributed by atoms with Gasteiger partial charge in [0.05, 0.1) is 24.6 Å². The molecule has 0 bridgehead atoms. The lowest BCUT2D eigenvalue weighted by Gasteiger charge is -2.33. The second-order valence-electron chi connectivity index (χ2n) is 10.8. The number of phenols is 1. The van der Waals surface area contributed by atoms with Gasteiger partial charge in [0.15, 0.2) is 0 Å². The molecule has 2 heterocycles. The predicted molar refractivity (Wildman–Crippen MR) is 165 cm³/mol. The van der Waals surface area contributed by atoms with Crippen molar-refractivity contribution in [2.75, 3.05) is 13.2 Å². The minimum absolute atomic E-state index is 0.00128. The van der Waals surface area contributed by atoms with Crippen LogP contribution in [0.3, 0.4) is 0 Å². The molecule has 0 amide bonds. The molecule has 2 atom stereocenters. The van der Waals surface area contributed by atoms with Crippen molar-refractivity contribution < 1.29 is 32.3 Å². The Hall–Kier alpha value is -3.71. The Balaban J connectivity index is 1.54. The van der Waals surface area contributed by atoms with Gasteiger partial charge in [-0.05, 0) is 86.2 Å². The lowest BCUT2D eigenvalue weighted by molar-refractivity contribution is -0.143. The molecule has 0 fully saturated rings. The molecule has 1 aliphatic heterocycles. The van der Waals surface area contributed by atoms with Crippen LogP contribution in [-0.2, 0) is 32.9 Å². The summed E-state index contributed by atoms with van der Waals surface area (Å²) in [5.41, 5.74) is 5.07. The van der Waals surface area contributed by atoms with Crippen LogP contribution in [0.2, 0.25) is 5.02 Å². The number of fused-ring (bicyclic) bond motifs is 2. The van der Waals surface area contributed by atoms with Gasteiger partial charge in [0.1, 0.15) is 17.0 Å². The smallest absolute Gasteiger partial charge is 0.386 e. The van der Waals surface area contributed by atoms with Gasteiger partial charge in [0, 0.05) is 36.2 Å². The summed E-state index contributed by atoms with van der Waals surface area (Å²) in [6.07, 6.45) is 1.47. The number of benzene rings is 3. The summed E-state index contributed by atoms with van der Waals surface area (Å²) < 4.78 is 40.0. The van der Waals surface area contributed by atoms with Crippen LogP contribution in [0, 0.1) is 6.92 Å². The molecule has 1 unspecified atom stereocenters. The van der Waals surface area contributed by atoms with Crippen molar-refractivity contribution in [3.05, 3.63) is 81.4 Å². The van der Waals surface area contributed by atoms with E-state index in [1.165, 1.54) is 22.5 Å². The second kappa shape index (κ2) is 13.1. The van der Waals surface area contributed by atoms with Crippen molar-refractivity contribution in [2.24, 2.45) is 0 Å². The topological polar surface area (TPSA) is 144 Å². The van der Waals surface area contributed by atoms with Crippen molar-refractivity contribution in [3.63, 3.8) is 0 Å². The first-order chi connectivity index (χ1) is 21.0. The Bertz CT molecular complexity index is 1790. The van der Waals surface area contributed by atoms with Crippen LogP contribution < -0.4 is 4.18 Å². The van der Waals surface area contributed by atoms with Crippen molar-refractivity contribution in [1.29, 1.82) is 0 Å². The Morgan fingerprint density at radius 1 is 1.14 bits per heavy atom. The summed E-state index contributed by atoms with van der Waals surface area (Å²) in [5, 5.41) is 28.2. The van der Waals surface area contributed by atoms with Crippen molar-refractivity contribution >= 4 is 38.9 Å². The molecular weight excluding hydrogens is 608 g/mol. The molecule has 0 radical (unpaired) electrons. The van der Waals surface area contributed by atoms with E-state index in [9.17, 15) is 18.3 Å². The van der Waals surface area contributed by atoms with E-state index in [1.807, 2.05) is 35.9 Å². The lowest BCUT2D eigenvalue weighted by Crippen LogP contribution is -2.39. The molecular formula is C31H35ClN4O7S. The predicted octanol–water partition coefficient (Wildman–Crippen LogP) is 5.16. The van der Waals surface area contributed by atoms with Gasteiger partial charge in [0.25, 0.3) is 0 Å². The molecule has 3 aromatic carbocycles. The maximum atomic E-state index is 13.2. The number of aromatic hydroxyl groups is 1. The zero-order valence-corrected chi connectivity index (χ0v) is 26.3. The van der Waals surface area contributed by atoms with E-state index in [4.69, 9.17) is 25.6 Å². The maximum Gasteiger partial charge on any atom is 0.386 e. The number of hydrogen-bond donors (Lipinski definition) is 2. The first-order valence-corrected chi connectivity index (χ1v) is 16.2. The van der Waals surface area contributed by atoms with Crippen LogP contribution in [0.5, 0.6) is 11.5 Å². The number of esters is 1. The van der Waals surface area contributed by atoms with Crippen LogP contribution in [0.15, 0.2) is 48.5 Å². The van der Waals surface area contributed by atoms with Gasteiger partial charge in [-0.3, -0.25) is 4.79 Å². The van der Waals surface area contributed by atoms with Crippen molar-refractivity contribution in [3.8, 4) is 11.5 Å². The number of unbranched alkanes of at least 4 members (excludes halogenated alkanes) is 1. The molecule has 0 saturated heterocycles. The van der Waals surface area contributed by atoms with E-state index < -0.39 is 22.3 Å². The molecule has 5 rings (SSSR count). The molecule has 0 saturated carbocycles. The van der Waals surface area contributed by atoms with Crippen LogP contribution in [0.4, 0.5) is 0 Å². The molecule has 0 spiro atoms. The Kier molecular flexibility index (Phi) is 9.45. The number of aliphatic hydroxyl groups is 1. The van der Waals surface area contributed by atoms with E-state index in [0.29, 0.717) is 34.6 Å². The zero-order valence-electron chi connectivity index (χ0n) is 24.7. The highest BCUT2D eigenvalue weighted by molar-refractivity contribution is 7.84. The number of aromatic nitrogens is 3. The summed E-state index contributed by atoms with van der Waals surface area (Å²) >= 11 is 6.67. The summed E-state index contributed by atoms with van der Waals surface area (Å²) in [4.78, 5) is 12.9. The Labute approximate surface area is 261 Å². The van der Waals surface area contributed by atoms with E-state index in [2.05, 4.69) is 10.3 Å². The molecule has 44 heavy (non-hydrogen) atoms. The third-order valence-electron chi connectivity index (χ3n) is 7.97. The van der Waals surface area contributed by atoms with Gasteiger partial charge in [-0.2, -0.15) is 12.7 Å². The minimum atomic E-state index is -4.18. The summed E-state index contributed by atoms with van der Waals surface area (Å²) in [6.45, 7) is 6.34. The number of aryl methyl sites for hydroxylation is 2. The number of ether oxygens (including phenoxy) is 1. The third-order valence-corrected chi connectivity index (χ3v) is 9.72. The van der Waals surface area contributed by atoms with Crippen molar-refractivity contribution in [1.82, 2.24) is 19.3 Å². The summed E-state index contributed by atoms with van der Waals surface area (Å²) in [7, 11) is -4.18. The molecule has 11 nitrogen and oxygen atoms in total. The standard InChI is InChI=1S/C31H35ClN4O7S/c1-4-42-30(39)17-26(24-9-11-28-31(19(24)2)33-34-35(28)13-5-6-14-37)21-7-10-27(32)25(16-21)20(3)36-18-22-15-23(38)8-12-29(22)43-44(36,40)41/h7-12,15-16,20,26,37-38H,4-6,13-14,17-18H2,1-3H3/t20-,26?/m1/s1. The molecule has 13 heteroatoms. The summed E-state index contributed by atoms with van der Waals surface area (Å²) in [5.74, 6) is -0.666. The van der Waals surface area contributed by atoms with Crippen LogP contribution in [0.25, 0.3) is 11.0 Å². The average molecular weight is 643 g/mol. The van der Waals surface area contributed by atoms with Gasteiger partial charge < -0.3 is 19.1 Å². The maximum absolute atomic E-state index is 13.2. The first-order valence-electron chi connectivity index (χ1n) is 14.5. The average Bonchev–Trinajstić information content (AvgIpc) is 3.40. The number of nitrogens with zero attached hydrogens (tertiary/aromatic N) is 4. The van der Waals surface area contributed by atoms with Gasteiger partial charge >= 0.3 is 16.3 Å². The highest BCUT2D eigenvalue weighted by atomic mass is 35.5. The largest absolute Gasteiger partial charge is 0.508 e. The zero-order chi connectivity index (χ0) is 31.6. The van der Waals surface area contributed by atoms with E-state index in [0.717, 1.165) is 28.6 Å². The molecule has 4 aromatic rings. The highest BCUT2D eigenvalue weighted by Gasteiger charge is 2.37. The monoisotopic (exact) mass is 642 g/mol. The number of phenolic OH excluding ortho intramolecular Hbond substituents is 1. The van der Waals surface area contributed by atoms with Crippen LogP contribution in [-0.4, -0.2) is 57.1 Å². The summed E-state index contributed by atoms with van der Waals surface area (Å²) in [6, 6.07) is 12.7. The number of halogens is 1. The third kappa shape index (κ3) is 6.39. The number of rotatable bonds is 11. The fraction of sp³-hybridized carbons (Fsp3) is 0.387. The number of carbonyl (C=O) groups excluding carboxylic acids is 1. The SMILES string of the molecule is CCOC(=O)CC(c1ccc(Cl)c([C@@H](C)N2Cc3cc(O)ccc3OS2(=O)=O)c1)c1ccc2c(nnn2CCCCO)c1C. The van der Waals surface area contributed by atoms with Gasteiger partial charge in [0.2, 0.25) is 0 Å².